The molecule has 1 aromatic carbocycles. The van der Waals surface area contributed by atoms with Gasteiger partial charge in [-0.3, -0.25) is 4.99 Å². The second-order valence-electron chi connectivity index (χ2n) is 5.58. The van der Waals surface area contributed by atoms with Gasteiger partial charge in [-0.25, -0.2) is 0 Å². The van der Waals surface area contributed by atoms with E-state index in [9.17, 15) is 0 Å². The summed E-state index contributed by atoms with van der Waals surface area (Å²) in [6, 6.07) is 8.06. The van der Waals surface area contributed by atoms with E-state index in [1.807, 2.05) is 25.1 Å². The van der Waals surface area contributed by atoms with Crippen LogP contribution in [0, 0.1) is 6.92 Å². The molecule has 6 nitrogen and oxygen atoms in total. The third-order valence-electron chi connectivity index (χ3n) is 3.30. The lowest BCUT2D eigenvalue weighted by Gasteiger charge is -2.18. The van der Waals surface area contributed by atoms with E-state index in [2.05, 4.69) is 28.6 Å². The van der Waals surface area contributed by atoms with E-state index in [0.717, 1.165) is 24.7 Å². The van der Waals surface area contributed by atoms with Crippen molar-refractivity contribution >= 4 is 29.9 Å². The zero-order valence-electron chi connectivity index (χ0n) is 15.7. The Morgan fingerprint density at radius 1 is 1.20 bits per heavy atom. The molecule has 1 rings (SSSR count). The lowest BCUT2D eigenvalue weighted by atomic mass is 10.2. The Morgan fingerprint density at radius 2 is 2.00 bits per heavy atom. The van der Waals surface area contributed by atoms with Gasteiger partial charge in [0.2, 0.25) is 0 Å². The van der Waals surface area contributed by atoms with Crippen LogP contribution >= 0.6 is 24.0 Å². The minimum atomic E-state index is 0. The van der Waals surface area contributed by atoms with Crippen LogP contribution in [-0.2, 0) is 9.47 Å². The van der Waals surface area contributed by atoms with Crippen LogP contribution < -0.4 is 15.4 Å². The van der Waals surface area contributed by atoms with E-state index in [-0.39, 0.29) is 30.1 Å². The van der Waals surface area contributed by atoms with Crippen molar-refractivity contribution in [2.24, 2.45) is 4.99 Å². The lowest BCUT2D eigenvalue weighted by Crippen LogP contribution is -2.42. The van der Waals surface area contributed by atoms with E-state index in [4.69, 9.17) is 14.2 Å². The summed E-state index contributed by atoms with van der Waals surface area (Å²) < 4.78 is 16.2. The van der Waals surface area contributed by atoms with Crippen LogP contribution in [0.3, 0.4) is 0 Å². The van der Waals surface area contributed by atoms with Crippen molar-refractivity contribution in [3.8, 4) is 5.75 Å². The van der Waals surface area contributed by atoms with Gasteiger partial charge in [0.15, 0.2) is 5.96 Å². The van der Waals surface area contributed by atoms with E-state index in [0.29, 0.717) is 26.4 Å². The molecular formula is C18H32IN3O3. The summed E-state index contributed by atoms with van der Waals surface area (Å²) >= 11 is 0. The zero-order valence-corrected chi connectivity index (χ0v) is 18.0. The Bertz CT molecular complexity index is 486. The normalized spacial score (nSPS) is 12.2. The molecule has 0 aliphatic heterocycles. The molecule has 1 aromatic rings. The molecule has 0 radical (unpaired) electrons. The number of rotatable bonds is 11. The molecule has 2 N–H and O–H groups in total. The fourth-order valence-electron chi connectivity index (χ4n) is 2.05. The number of methoxy groups -OCH3 is 1. The topological polar surface area (TPSA) is 64.1 Å². The van der Waals surface area contributed by atoms with Gasteiger partial charge in [-0.05, 0) is 38.0 Å². The molecule has 0 aromatic heterocycles. The number of benzene rings is 1. The van der Waals surface area contributed by atoms with Gasteiger partial charge in [0.25, 0.3) is 0 Å². The number of halogens is 1. The molecule has 0 fully saturated rings. The molecule has 0 amide bonds. The smallest absolute Gasteiger partial charge is 0.191 e. The number of aryl methyl sites for hydroxylation is 1. The van der Waals surface area contributed by atoms with Gasteiger partial charge in [-0.2, -0.15) is 0 Å². The Labute approximate surface area is 168 Å². The molecule has 0 aliphatic carbocycles. The van der Waals surface area contributed by atoms with E-state index in [1.54, 1.807) is 14.2 Å². The van der Waals surface area contributed by atoms with Crippen molar-refractivity contribution in [3.63, 3.8) is 0 Å². The van der Waals surface area contributed by atoms with Crippen molar-refractivity contribution in [1.82, 2.24) is 10.6 Å². The standard InChI is InChI=1S/C18H31N3O3.HI/c1-15-7-5-8-17(13-15)24-16(2)14-21-18(19-3)20-9-6-10-23-12-11-22-4;/h5,7-8,13,16H,6,9-12,14H2,1-4H3,(H2,19,20,21);1H. The van der Waals surface area contributed by atoms with Gasteiger partial charge < -0.3 is 24.8 Å². The maximum atomic E-state index is 5.89. The van der Waals surface area contributed by atoms with Crippen molar-refractivity contribution in [2.75, 3.05) is 47.1 Å². The summed E-state index contributed by atoms with van der Waals surface area (Å²) in [5.74, 6) is 1.66. The van der Waals surface area contributed by atoms with E-state index < -0.39 is 0 Å². The second kappa shape index (κ2) is 15.2. The molecule has 0 aliphatic rings. The molecule has 0 spiro atoms. The third kappa shape index (κ3) is 12.0. The van der Waals surface area contributed by atoms with Crippen LogP contribution in [0.1, 0.15) is 18.9 Å². The van der Waals surface area contributed by atoms with Crippen molar-refractivity contribution in [2.45, 2.75) is 26.4 Å². The summed E-state index contributed by atoms with van der Waals surface area (Å²) in [4.78, 5) is 4.21. The fraction of sp³-hybridized carbons (Fsp3) is 0.611. The third-order valence-corrected chi connectivity index (χ3v) is 3.30. The minimum Gasteiger partial charge on any atom is -0.489 e. The molecule has 7 heteroatoms. The van der Waals surface area contributed by atoms with Crippen molar-refractivity contribution in [1.29, 1.82) is 0 Å². The molecule has 144 valence electrons. The van der Waals surface area contributed by atoms with Crippen LogP contribution in [0.15, 0.2) is 29.3 Å². The number of guanidine groups is 1. The Balaban J connectivity index is 0.00000576. The number of nitrogens with zero attached hydrogens (tertiary/aromatic N) is 1. The lowest BCUT2D eigenvalue weighted by molar-refractivity contribution is 0.0698. The minimum absolute atomic E-state index is 0. The van der Waals surface area contributed by atoms with Gasteiger partial charge in [-0.1, -0.05) is 12.1 Å². The highest BCUT2D eigenvalue weighted by Gasteiger charge is 2.05. The number of hydrogen-bond donors (Lipinski definition) is 2. The summed E-state index contributed by atoms with van der Waals surface area (Å²) in [7, 11) is 3.43. The molecule has 0 saturated heterocycles. The summed E-state index contributed by atoms with van der Waals surface area (Å²) in [6.45, 7) is 7.55. The molecular weight excluding hydrogens is 433 g/mol. The van der Waals surface area contributed by atoms with Gasteiger partial charge in [0.05, 0.1) is 19.8 Å². The van der Waals surface area contributed by atoms with Crippen molar-refractivity contribution in [3.05, 3.63) is 29.8 Å². The first-order valence-corrected chi connectivity index (χ1v) is 8.40. The first kappa shape index (κ1) is 23.9. The quantitative estimate of drug-likeness (QED) is 0.228. The Hall–Kier alpha value is -1.06. The Morgan fingerprint density at radius 3 is 2.68 bits per heavy atom. The number of ether oxygens (including phenoxy) is 3. The maximum absolute atomic E-state index is 5.89. The van der Waals surface area contributed by atoms with Crippen LogP contribution in [0.5, 0.6) is 5.75 Å². The predicted octanol–water partition coefficient (Wildman–Crippen LogP) is 2.60. The largest absolute Gasteiger partial charge is 0.489 e. The van der Waals surface area contributed by atoms with E-state index >= 15 is 0 Å². The van der Waals surface area contributed by atoms with Gasteiger partial charge in [-0.15, -0.1) is 24.0 Å². The second-order valence-corrected chi connectivity index (χ2v) is 5.58. The van der Waals surface area contributed by atoms with Gasteiger partial charge in [0, 0.05) is 27.3 Å². The number of aliphatic imine (C=N–C) groups is 1. The monoisotopic (exact) mass is 465 g/mol. The highest BCUT2D eigenvalue weighted by Crippen LogP contribution is 2.13. The highest BCUT2D eigenvalue weighted by molar-refractivity contribution is 14.0. The van der Waals surface area contributed by atoms with Crippen LogP contribution in [-0.4, -0.2) is 59.1 Å². The van der Waals surface area contributed by atoms with E-state index in [1.165, 1.54) is 5.56 Å². The first-order valence-electron chi connectivity index (χ1n) is 8.40. The molecule has 0 saturated carbocycles. The van der Waals surface area contributed by atoms with Gasteiger partial charge >= 0.3 is 0 Å². The molecule has 1 unspecified atom stereocenters. The van der Waals surface area contributed by atoms with Crippen LogP contribution in [0.2, 0.25) is 0 Å². The SMILES string of the molecule is CN=C(NCCCOCCOC)NCC(C)Oc1cccc(C)c1.I. The molecule has 0 bridgehead atoms. The Kier molecular flexibility index (Phi) is 14.6. The van der Waals surface area contributed by atoms with Gasteiger partial charge in [0.1, 0.15) is 11.9 Å². The average molecular weight is 465 g/mol. The van der Waals surface area contributed by atoms with Crippen LogP contribution in [0.25, 0.3) is 0 Å². The fourth-order valence-corrected chi connectivity index (χ4v) is 2.05. The molecule has 25 heavy (non-hydrogen) atoms. The summed E-state index contributed by atoms with van der Waals surface area (Å²) in [5.41, 5.74) is 1.19. The predicted molar refractivity (Wildman–Crippen MR) is 113 cm³/mol. The number of nitrogens with one attached hydrogen (secondary N) is 2. The summed E-state index contributed by atoms with van der Waals surface area (Å²) in [5, 5.41) is 6.53. The average Bonchev–Trinajstić information content (AvgIpc) is 2.56. The first-order chi connectivity index (χ1) is 11.7. The maximum Gasteiger partial charge on any atom is 0.191 e. The number of hydrogen-bond acceptors (Lipinski definition) is 4. The highest BCUT2D eigenvalue weighted by atomic mass is 127. The van der Waals surface area contributed by atoms with Crippen LogP contribution in [0.4, 0.5) is 0 Å². The molecule has 1 atom stereocenters. The summed E-state index contributed by atoms with van der Waals surface area (Å²) in [6.07, 6.45) is 0.961. The molecule has 0 heterocycles. The zero-order chi connectivity index (χ0) is 17.6. The van der Waals surface area contributed by atoms with Crippen molar-refractivity contribution < 1.29 is 14.2 Å².